The van der Waals surface area contributed by atoms with Crippen molar-refractivity contribution in [2.75, 3.05) is 5.32 Å². The van der Waals surface area contributed by atoms with Crippen molar-refractivity contribution in [3.05, 3.63) is 65.0 Å². The summed E-state index contributed by atoms with van der Waals surface area (Å²) in [6.45, 7) is 0.999. The van der Waals surface area contributed by atoms with Gasteiger partial charge in [-0.3, -0.25) is 4.79 Å². The molecule has 2 aliphatic rings. The van der Waals surface area contributed by atoms with Gasteiger partial charge in [-0.15, -0.1) is 0 Å². The Morgan fingerprint density at radius 3 is 2.30 bits per heavy atom. The molecule has 0 spiro atoms. The van der Waals surface area contributed by atoms with Crippen LogP contribution in [0.15, 0.2) is 42.5 Å². The fraction of sp³-hybridized carbons (Fsp3) is 0.458. The van der Waals surface area contributed by atoms with Gasteiger partial charge in [0.2, 0.25) is 5.91 Å². The molecule has 0 radical (unpaired) electrons. The Hall–Kier alpha value is -2.37. The molecule has 0 unspecified atom stereocenters. The third-order valence-electron chi connectivity index (χ3n) is 6.15. The Morgan fingerprint density at radius 2 is 1.73 bits per heavy atom. The van der Waals surface area contributed by atoms with Gasteiger partial charge in [0, 0.05) is 0 Å². The summed E-state index contributed by atoms with van der Waals surface area (Å²) >= 11 is 0. The minimum absolute atomic E-state index is 0.0628. The second-order valence-corrected chi connectivity index (χ2v) is 8.70. The van der Waals surface area contributed by atoms with Gasteiger partial charge in [-0.05, 0) is 72.8 Å². The smallest absolute Gasteiger partial charge is 0.323 e. The predicted octanol–water partition coefficient (Wildman–Crippen LogP) is 6.58. The van der Waals surface area contributed by atoms with E-state index in [1.807, 2.05) is 0 Å². The summed E-state index contributed by atoms with van der Waals surface area (Å²) in [5, 5.41) is 2.43. The molecule has 2 aromatic rings. The van der Waals surface area contributed by atoms with Crippen LogP contribution in [0.4, 0.5) is 23.2 Å². The molecule has 6 heteroatoms. The summed E-state index contributed by atoms with van der Waals surface area (Å²) in [7, 11) is 0. The van der Waals surface area contributed by atoms with Crippen LogP contribution in [0, 0.1) is 17.7 Å². The monoisotopic (exact) mass is 419 g/mol. The molecule has 2 aliphatic carbocycles. The molecular formula is C24H25F4NO. The van der Waals surface area contributed by atoms with E-state index < -0.39 is 29.7 Å². The number of hydrogen-bond donors (Lipinski definition) is 1. The second kappa shape index (κ2) is 8.05. The Bertz CT molecular complexity index is 914. The number of carbonyl (C=O) groups excluding carboxylic acids is 1. The molecule has 160 valence electrons. The lowest BCUT2D eigenvalue weighted by Gasteiger charge is -2.26. The molecule has 4 rings (SSSR count). The minimum Gasteiger partial charge on any atom is -0.323 e. The molecule has 0 heterocycles. The maximum absolute atomic E-state index is 14.3. The number of halogens is 4. The number of alkyl halides is 3. The lowest BCUT2D eigenvalue weighted by atomic mass is 9.85. The van der Waals surface area contributed by atoms with Crippen LogP contribution in [0.3, 0.4) is 0 Å². The molecule has 2 fully saturated rings. The number of anilines is 1. The zero-order chi connectivity index (χ0) is 21.5. The molecule has 30 heavy (non-hydrogen) atoms. The Kier molecular flexibility index (Phi) is 5.60. The summed E-state index contributed by atoms with van der Waals surface area (Å²) in [4.78, 5) is 13.0. The van der Waals surface area contributed by atoms with Crippen LogP contribution in [0.1, 0.15) is 61.1 Å². The van der Waals surface area contributed by atoms with Crippen molar-refractivity contribution in [2.45, 2.75) is 57.0 Å². The van der Waals surface area contributed by atoms with Gasteiger partial charge in [0.15, 0.2) is 0 Å². The van der Waals surface area contributed by atoms with E-state index >= 15 is 0 Å². The summed E-state index contributed by atoms with van der Waals surface area (Å²) in [5.74, 6) is -3.81. The molecule has 2 aromatic carbocycles. The van der Waals surface area contributed by atoms with Gasteiger partial charge in [0.1, 0.15) is 5.82 Å². The van der Waals surface area contributed by atoms with Gasteiger partial charge in [0.05, 0.1) is 17.5 Å². The number of hydrogen-bond acceptors (Lipinski definition) is 1. The molecule has 2 nitrogen and oxygen atoms in total. The molecule has 1 amide bonds. The Balaban J connectivity index is 1.59. The van der Waals surface area contributed by atoms with Crippen molar-refractivity contribution in [1.29, 1.82) is 0 Å². The Labute approximate surface area is 173 Å². The van der Waals surface area contributed by atoms with Crippen LogP contribution in [0.25, 0.3) is 0 Å². The van der Waals surface area contributed by atoms with E-state index in [2.05, 4.69) is 5.32 Å². The fourth-order valence-corrected chi connectivity index (χ4v) is 3.91. The molecule has 2 saturated carbocycles. The van der Waals surface area contributed by atoms with Crippen molar-refractivity contribution in [3.63, 3.8) is 0 Å². The Morgan fingerprint density at radius 1 is 1.07 bits per heavy atom. The topological polar surface area (TPSA) is 29.1 Å². The van der Waals surface area contributed by atoms with Crippen molar-refractivity contribution in [1.82, 2.24) is 0 Å². The number of nitrogens with one attached hydrogen (secondary N) is 1. The van der Waals surface area contributed by atoms with Crippen molar-refractivity contribution < 1.29 is 22.4 Å². The van der Waals surface area contributed by atoms with Gasteiger partial charge >= 0.3 is 6.18 Å². The highest BCUT2D eigenvalue weighted by Crippen LogP contribution is 2.42. The van der Waals surface area contributed by atoms with Gasteiger partial charge in [-0.2, -0.15) is 13.2 Å². The number of amides is 1. The quantitative estimate of drug-likeness (QED) is 0.505. The minimum atomic E-state index is -4.55. The average molecular weight is 419 g/mol. The second-order valence-electron chi connectivity index (χ2n) is 8.70. The summed E-state index contributed by atoms with van der Waals surface area (Å²) in [6, 6.07) is 11.3. The van der Waals surface area contributed by atoms with Crippen molar-refractivity contribution >= 4 is 11.6 Å². The maximum atomic E-state index is 14.3. The van der Waals surface area contributed by atoms with E-state index in [1.165, 1.54) is 12.1 Å². The third kappa shape index (κ3) is 4.85. The fourth-order valence-electron chi connectivity index (χ4n) is 3.91. The summed E-state index contributed by atoms with van der Waals surface area (Å²) in [6.07, 6.45) is 0.650. The van der Waals surface area contributed by atoms with E-state index in [0.717, 1.165) is 50.2 Å². The van der Waals surface area contributed by atoms with Gasteiger partial charge in [0.25, 0.3) is 0 Å². The van der Waals surface area contributed by atoms with Crippen LogP contribution < -0.4 is 5.32 Å². The largest absolute Gasteiger partial charge is 0.392 e. The SMILES string of the molecule is C[C@H]([C@H](C(=O)Nc1cc(CC2CC2)ccc1F)c1ccc(C2CC2)cc1)C(F)(F)F. The predicted molar refractivity (Wildman–Crippen MR) is 108 cm³/mol. The average Bonchev–Trinajstić information content (AvgIpc) is 3.59. The highest BCUT2D eigenvalue weighted by atomic mass is 19.4. The van der Waals surface area contributed by atoms with Crippen LogP contribution >= 0.6 is 0 Å². The summed E-state index contributed by atoms with van der Waals surface area (Å²) < 4.78 is 54.9. The molecule has 2 atom stereocenters. The van der Waals surface area contributed by atoms with E-state index in [1.54, 1.807) is 30.3 Å². The highest BCUT2D eigenvalue weighted by molar-refractivity contribution is 5.96. The first-order valence-corrected chi connectivity index (χ1v) is 10.5. The first-order valence-electron chi connectivity index (χ1n) is 10.5. The zero-order valence-corrected chi connectivity index (χ0v) is 16.8. The number of benzene rings is 2. The first-order chi connectivity index (χ1) is 14.2. The highest BCUT2D eigenvalue weighted by Gasteiger charge is 2.45. The lowest BCUT2D eigenvalue weighted by Crippen LogP contribution is -2.34. The molecule has 0 bridgehead atoms. The molecule has 0 aliphatic heterocycles. The standard InChI is InChI=1S/C24H25F4NO/c1-14(24(26,27)28)22(19-9-7-18(8-10-19)17-5-6-17)23(30)29-21-13-16(4-11-20(21)25)12-15-2-3-15/h4,7-11,13-15,17,22H,2-3,5-6,12H2,1H3,(H,29,30)/t14-,22+/m1/s1. The van der Waals surface area contributed by atoms with Crippen LogP contribution in [0.5, 0.6) is 0 Å². The molecule has 0 aromatic heterocycles. The van der Waals surface area contributed by atoms with E-state index in [0.29, 0.717) is 11.8 Å². The van der Waals surface area contributed by atoms with E-state index in [-0.39, 0.29) is 11.3 Å². The van der Waals surface area contributed by atoms with E-state index in [4.69, 9.17) is 0 Å². The van der Waals surface area contributed by atoms with Crippen LogP contribution in [-0.4, -0.2) is 12.1 Å². The van der Waals surface area contributed by atoms with Crippen molar-refractivity contribution in [2.24, 2.45) is 11.8 Å². The van der Waals surface area contributed by atoms with Gasteiger partial charge in [-0.25, -0.2) is 4.39 Å². The summed E-state index contributed by atoms with van der Waals surface area (Å²) in [5.41, 5.74) is 2.18. The number of rotatable bonds is 7. The molecule has 0 saturated heterocycles. The zero-order valence-electron chi connectivity index (χ0n) is 16.8. The third-order valence-corrected chi connectivity index (χ3v) is 6.15. The van der Waals surface area contributed by atoms with Gasteiger partial charge in [-0.1, -0.05) is 37.3 Å². The van der Waals surface area contributed by atoms with Crippen LogP contribution in [0.2, 0.25) is 0 Å². The molecule has 1 N–H and O–H groups in total. The van der Waals surface area contributed by atoms with Crippen LogP contribution in [-0.2, 0) is 11.2 Å². The first kappa shape index (κ1) is 20.9. The van der Waals surface area contributed by atoms with E-state index in [9.17, 15) is 22.4 Å². The van der Waals surface area contributed by atoms with Gasteiger partial charge < -0.3 is 5.32 Å². The maximum Gasteiger partial charge on any atom is 0.392 e. The van der Waals surface area contributed by atoms with Crippen molar-refractivity contribution in [3.8, 4) is 0 Å². The number of carbonyl (C=O) groups is 1. The lowest BCUT2D eigenvalue weighted by molar-refractivity contribution is -0.178. The normalized spacial score (nSPS) is 18.7. The molecular weight excluding hydrogens is 394 g/mol.